The van der Waals surface area contributed by atoms with Crippen LogP contribution in [0.4, 0.5) is 10.2 Å². The Morgan fingerprint density at radius 1 is 1.13 bits per heavy atom. The Labute approximate surface area is 180 Å². The zero-order valence-electron chi connectivity index (χ0n) is 17.5. The number of nitriles is 1. The van der Waals surface area contributed by atoms with E-state index >= 15 is 0 Å². The largest absolute Gasteiger partial charge is 0.352 e. The number of hydrogen-bond acceptors (Lipinski definition) is 5. The van der Waals surface area contributed by atoms with E-state index in [1.54, 1.807) is 41.3 Å². The number of amides is 1. The third kappa shape index (κ3) is 3.99. The number of nitrogens with zero attached hydrogens (tertiary/aromatic N) is 6. The Morgan fingerprint density at radius 2 is 1.84 bits per heavy atom. The number of piperazine rings is 1. The van der Waals surface area contributed by atoms with Crippen molar-refractivity contribution in [3.63, 3.8) is 0 Å². The van der Waals surface area contributed by atoms with Crippen molar-refractivity contribution in [2.24, 2.45) is 0 Å². The number of pyridine rings is 1. The van der Waals surface area contributed by atoms with Crippen LogP contribution in [0.1, 0.15) is 41.4 Å². The minimum absolute atomic E-state index is 0.0551. The second-order valence-corrected chi connectivity index (χ2v) is 7.75. The second kappa shape index (κ2) is 8.56. The maximum Gasteiger partial charge on any atom is 0.257 e. The van der Waals surface area contributed by atoms with Crippen molar-refractivity contribution in [3.8, 4) is 11.8 Å². The van der Waals surface area contributed by atoms with Gasteiger partial charge in [0.1, 0.15) is 17.7 Å². The van der Waals surface area contributed by atoms with Crippen LogP contribution in [0.25, 0.3) is 5.69 Å². The van der Waals surface area contributed by atoms with Gasteiger partial charge in [-0.2, -0.15) is 10.4 Å². The number of hydrogen-bond donors (Lipinski definition) is 0. The van der Waals surface area contributed by atoms with Gasteiger partial charge >= 0.3 is 0 Å². The number of carbonyl (C=O) groups is 1. The fraction of sp³-hybridized carbons (Fsp3) is 0.304. The molecule has 1 aliphatic rings. The monoisotopic (exact) mass is 418 g/mol. The van der Waals surface area contributed by atoms with E-state index in [1.165, 1.54) is 12.1 Å². The highest BCUT2D eigenvalue weighted by Crippen LogP contribution is 2.25. The highest BCUT2D eigenvalue weighted by Gasteiger charge is 2.28. The zero-order chi connectivity index (χ0) is 22.0. The Hall–Kier alpha value is -3.73. The van der Waals surface area contributed by atoms with Gasteiger partial charge in [0.05, 0.1) is 28.7 Å². The van der Waals surface area contributed by atoms with Gasteiger partial charge in [0, 0.05) is 32.4 Å². The number of rotatable bonds is 4. The van der Waals surface area contributed by atoms with Gasteiger partial charge in [-0.05, 0) is 42.3 Å². The van der Waals surface area contributed by atoms with Crippen molar-refractivity contribution in [1.29, 1.82) is 5.26 Å². The lowest BCUT2D eigenvalue weighted by Crippen LogP contribution is -2.49. The average Bonchev–Trinajstić information content (AvgIpc) is 3.24. The predicted octanol–water partition coefficient (Wildman–Crippen LogP) is 3.36. The molecule has 0 N–H and O–H groups in total. The summed E-state index contributed by atoms with van der Waals surface area (Å²) < 4.78 is 15.0. The molecule has 0 aliphatic carbocycles. The van der Waals surface area contributed by atoms with Gasteiger partial charge in [-0.15, -0.1) is 0 Å². The fourth-order valence-electron chi connectivity index (χ4n) is 3.89. The molecule has 0 radical (unpaired) electrons. The van der Waals surface area contributed by atoms with Crippen molar-refractivity contribution in [1.82, 2.24) is 19.7 Å². The van der Waals surface area contributed by atoms with Crippen LogP contribution in [-0.4, -0.2) is 51.8 Å². The molecule has 3 aromatic rings. The summed E-state index contributed by atoms with van der Waals surface area (Å²) in [5.41, 5.74) is 2.61. The molecule has 1 aromatic carbocycles. The lowest BCUT2D eigenvalue weighted by Gasteiger charge is -2.35. The second-order valence-electron chi connectivity index (χ2n) is 7.75. The van der Waals surface area contributed by atoms with Gasteiger partial charge in [-0.25, -0.2) is 14.1 Å². The van der Waals surface area contributed by atoms with Gasteiger partial charge in [-0.1, -0.05) is 13.8 Å². The first kappa shape index (κ1) is 20.5. The predicted molar refractivity (Wildman–Crippen MR) is 115 cm³/mol. The van der Waals surface area contributed by atoms with E-state index in [0.29, 0.717) is 48.8 Å². The summed E-state index contributed by atoms with van der Waals surface area (Å²) in [6.07, 6.45) is 3.27. The van der Waals surface area contributed by atoms with E-state index < -0.39 is 0 Å². The van der Waals surface area contributed by atoms with Crippen LogP contribution in [0, 0.1) is 17.1 Å². The van der Waals surface area contributed by atoms with Gasteiger partial charge in [-0.3, -0.25) is 4.79 Å². The van der Waals surface area contributed by atoms with E-state index in [4.69, 9.17) is 0 Å². The summed E-state index contributed by atoms with van der Waals surface area (Å²) in [6.45, 7) is 6.27. The summed E-state index contributed by atoms with van der Waals surface area (Å²) in [5.74, 6) is 0.325. The maximum absolute atomic E-state index is 13.3. The highest BCUT2D eigenvalue weighted by molar-refractivity contribution is 5.95. The molecule has 31 heavy (non-hydrogen) atoms. The summed E-state index contributed by atoms with van der Waals surface area (Å²) in [6, 6.07) is 11.7. The van der Waals surface area contributed by atoms with Crippen molar-refractivity contribution < 1.29 is 9.18 Å². The van der Waals surface area contributed by atoms with Gasteiger partial charge in [0.15, 0.2) is 0 Å². The maximum atomic E-state index is 13.3. The molecular weight excluding hydrogens is 395 g/mol. The van der Waals surface area contributed by atoms with Gasteiger partial charge < -0.3 is 9.80 Å². The molecule has 0 unspecified atom stereocenters. The minimum atomic E-state index is -0.316. The molecule has 8 heteroatoms. The summed E-state index contributed by atoms with van der Waals surface area (Å²) in [4.78, 5) is 21.5. The number of carbonyl (C=O) groups excluding carboxylic acids is 1. The molecule has 4 rings (SSSR count). The Kier molecular flexibility index (Phi) is 5.67. The van der Waals surface area contributed by atoms with E-state index in [-0.39, 0.29) is 17.6 Å². The molecule has 0 saturated carbocycles. The molecule has 1 aliphatic heterocycles. The summed E-state index contributed by atoms with van der Waals surface area (Å²) in [7, 11) is 0. The smallest absolute Gasteiger partial charge is 0.257 e. The van der Waals surface area contributed by atoms with E-state index in [9.17, 15) is 14.4 Å². The molecule has 2 aromatic heterocycles. The number of benzene rings is 1. The summed E-state index contributed by atoms with van der Waals surface area (Å²) >= 11 is 0. The third-order valence-corrected chi connectivity index (χ3v) is 5.43. The first-order valence-electron chi connectivity index (χ1n) is 10.2. The van der Waals surface area contributed by atoms with Crippen molar-refractivity contribution in [3.05, 3.63) is 71.4 Å². The SMILES string of the molecule is CC(C)c1c(C(=O)N2CCN(c3ncccc3C#N)CC2)cnn1-c1ccc(F)cc1. The molecule has 1 saturated heterocycles. The van der Waals surface area contributed by atoms with Crippen LogP contribution in [0.3, 0.4) is 0 Å². The normalized spacial score (nSPS) is 14.0. The average molecular weight is 418 g/mol. The molecule has 1 fully saturated rings. The molecule has 0 spiro atoms. The zero-order valence-corrected chi connectivity index (χ0v) is 17.5. The van der Waals surface area contributed by atoms with Crippen molar-refractivity contribution in [2.45, 2.75) is 19.8 Å². The van der Waals surface area contributed by atoms with Crippen LogP contribution in [-0.2, 0) is 0 Å². The highest BCUT2D eigenvalue weighted by atomic mass is 19.1. The Balaban J connectivity index is 1.54. The summed E-state index contributed by atoms with van der Waals surface area (Å²) in [5, 5.41) is 13.7. The number of halogens is 1. The Morgan fingerprint density at radius 3 is 2.48 bits per heavy atom. The molecular formula is C23H23FN6O. The van der Waals surface area contributed by atoms with Gasteiger partial charge in [0.25, 0.3) is 5.91 Å². The van der Waals surface area contributed by atoms with E-state index in [2.05, 4.69) is 16.2 Å². The van der Waals surface area contributed by atoms with Gasteiger partial charge in [0.2, 0.25) is 0 Å². The molecule has 1 amide bonds. The van der Waals surface area contributed by atoms with Crippen LogP contribution >= 0.6 is 0 Å². The van der Waals surface area contributed by atoms with Crippen LogP contribution in [0.15, 0.2) is 48.8 Å². The first-order chi connectivity index (χ1) is 15.0. The number of anilines is 1. The van der Waals surface area contributed by atoms with Crippen LogP contribution in [0.2, 0.25) is 0 Å². The standard InChI is InChI=1S/C23H23FN6O/c1-16(2)21-20(15-27-30(21)19-7-5-18(24)6-8-19)23(31)29-12-10-28(11-13-29)22-17(14-25)4-3-9-26-22/h3-9,15-16H,10-13H2,1-2H3. The van der Waals surface area contributed by atoms with E-state index in [0.717, 1.165) is 5.69 Å². The fourth-order valence-corrected chi connectivity index (χ4v) is 3.89. The molecule has 0 atom stereocenters. The minimum Gasteiger partial charge on any atom is -0.352 e. The molecule has 0 bridgehead atoms. The first-order valence-corrected chi connectivity index (χ1v) is 10.2. The topological polar surface area (TPSA) is 78.1 Å². The van der Waals surface area contributed by atoms with Crippen molar-refractivity contribution >= 4 is 11.7 Å². The molecule has 158 valence electrons. The molecule has 3 heterocycles. The van der Waals surface area contributed by atoms with Crippen LogP contribution < -0.4 is 4.90 Å². The quantitative estimate of drug-likeness (QED) is 0.649. The lowest BCUT2D eigenvalue weighted by molar-refractivity contribution is 0.0745. The molecule has 7 nitrogen and oxygen atoms in total. The van der Waals surface area contributed by atoms with E-state index in [1.807, 2.05) is 23.6 Å². The van der Waals surface area contributed by atoms with Crippen molar-refractivity contribution in [2.75, 3.05) is 31.1 Å². The Bertz CT molecular complexity index is 1120. The van der Waals surface area contributed by atoms with Crippen LogP contribution in [0.5, 0.6) is 0 Å². The lowest BCUT2D eigenvalue weighted by atomic mass is 10.0. The number of aromatic nitrogens is 3. The third-order valence-electron chi connectivity index (χ3n) is 5.43.